The fourth-order valence-electron chi connectivity index (χ4n) is 0.728. The lowest BCUT2D eigenvalue weighted by Gasteiger charge is -2.13. The first kappa shape index (κ1) is 10.4. The summed E-state index contributed by atoms with van der Waals surface area (Å²) in [6.07, 6.45) is 0.610. The van der Waals surface area contributed by atoms with Gasteiger partial charge < -0.3 is 10.0 Å². The van der Waals surface area contributed by atoms with Gasteiger partial charge in [-0.3, -0.25) is 9.18 Å². The second-order valence-electron chi connectivity index (χ2n) is 2.49. The van der Waals surface area contributed by atoms with Crippen molar-refractivity contribution in [3.05, 3.63) is 0 Å². The molecule has 0 amide bonds. The van der Waals surface area contributed by atoms with Gasteiger partial charge in [0.25, 0.3) is 0 Å². The molecule has 0 aromatic heterocycles. The van der Waals surface area contributed by atoms with Crippen LogP contribution in [0.1, 0.15) is 12.8 Å². The van der Waals surface area contributed by atoms with Gasteiger partial charge in [-0.15, -0.1) is 0 Å². The molecule has 0 aromatic rings. The molecule has 0 aliphatic carbocycles. The summed E-state index contributed by atoms with van der Waals surface area (Å²) in [6, 6.07) is 0. The van der Waals surface area contributed by atoms with E-state index in [1.54, 1.807) is 7.05 Å². The number of halogens is 1. The van der Waals surface area contributed by atoms with E-state index in [0.717, 1.165) is 0 Å². The molecular weight excluding hydrogens is 149 g/mol. The van der Waals surface area contributed by atoms with Crippen LogP contribution < -0.4 is 0 Å². The molecule has 0 radical (unpaired) electrons. The van der Waals surface area contributed by atoms with Crippen molar-refractivity contribution in [1.82, 2.24) is 4.90 Å². The summed E-state index contributed by atoms with van der Waals surface area (Å²) in [4.78, 5) is 11.9. The van der Waals surface area contributed by atoms with E-state index < -0.39 is 5.97 Å². The molecule has 4 heteroatoms. The predicted octanol–water partition coefficient (Wildman–Crippen LogP) is 0.753. The SMILES string of the molecule is CN(CCCF)CCC(=O)O. The Bertz CT molecular complexity index is 119. The zero-order chi connectivity index (χ0) is 8.69. The molecule has 0 saturated carbocycles. The maximum absolute atomic E-state index is 11.6. The topological polar surface area (TPSA) is 40.5 Å². The lowest BCUT2D eigenvalue weighted by atomic mass is 10.3. The molecular formula is C7H14FNO2. The molecule has 0 unspecified atom stereocenters. The highest BCUT2D eigenvalue weighted by Crippen LogP contribution is 1.90. The van der Waals surface area contributed by atoms with Gasteiger partial charge in [0.2, 0.25) is 0 Å². The van der Waals surface area contributed by atoms with Crippen molar-refractivity contribution in [3.8, 4) is 0 Å². The summed E-state index contributed by atoms with van der Waals surface area (Å²) in [5, 5.41) is 8.29. The number of nitrogens with zero attached hydrogens (tertiary/aromatic N) is 1. The molecule has 3 nitrogen and oxygen atoms in total. The van der Waals surface area contributed by atoms with Crippen LogP contribution in [-0.2, 0) is 4.79 Å². The molecule has 66 valence electrons. The third kappa shape index (κ3) is 7.25. The zero-order valence-electron chi connectivity index (χ0n) is 6.72. The molecule has 1 N–H and O–H groups in total. The monoisotopic (exact) mass is 163 g/mol. The van der Waals surface area contributed by atoms with E-state index in [9.17, 15) is 9.18 Å². The first-order valence-electron chi connectivity index (χ1n) is 3.63. The molecule has 0 fully saturated rings. The van der Waals surface area contributed by atoms with Crippen LogP contribution in [0, 0.1) is 0 Å². The van der Waals surface area contributed by atoms with Crippen LogP contribution in [-0.4, -0.2) is 42.8 Å². The van der Waals surface area contributed by atoms with E-state index in [1.807, 2.05) is 4.90 Å². The van der Waals surface area contributed by atoms with Crippen LogP contribution in [0.25, 0.3) is 0 Å². The second-order valence-corrected chi connectivity index (χ2v) is 2.49. The lowest BCUT2D eigenvalue weighted by Crippen LogP contribution is -2.23. The first-order chi connectivity index (χ1) is 5.16. The van der Waals surface area contributed by atoms with Crippen LogP contribution in [0.2, 0.25) is 0 Å². The minimum Gasteiger partial charge on any atom is -0.481 e. The Morgan fingerprint density at radius 1 is 1.55 bits per heavy atom. The van der Waals surface area contributed by atoms with E-state index >= 15 is 0 Å². The fraction of sp³-hybridized carbons (Fsp3) is 0.857. The Morgan fingerprint density at radius 2 is 2.18 bits per heavy atom. The number of carboxylic acid groups (broad SMARTS) is 1. The summed E-state index contributed by atoms with van der Waals surface area (Å²) < 4.78 is 11.6. The third-order valence-corrected chi connectivity index (χ3v) is 1.38. The van der Waals surface area contributed by atoms with E-state index in [0.29, 0.717) is 19.5 Å². The van der Waals surface area contributed by atoms with Gasteiger partial charge in [0.15, 0.2) is 0 Å². The highest BCUT2D eigenvalue weighted by Gasteiger charge is 2.00. The Balaban J connectivity index is 3.22. The summed E-state index contributed by atoms with van der Waals surface area (Å²) in [5.74, 6) is -0.808. The van der Waals surface area contributed by atoms with Gasteiger partial charge in [-0.25, -0.2) is 0 Å². The maximum Gasteiger partial charge on any atom is 0.304 e. The second kappa shape index (κ2) is 6.09. The molecule has 11 heavy (non-hydrogen) atoms. The molecule has 0 bridgehead atoms. The summed E-state index contributed by atoms with van der Waals surface area (Å²) >= 11 is 0. The van der Waals surface area contributed by atoms with Crippen LogP contribution in [0.4, 0.5) is 4.39 Å². The van der Waals surface area contributed by atoms with Gasteiger partial charge in [0, 0.05) is 13.1 Å². The van der Waals surface area contributed by atoms with Gasteiger partial charge >= 0.3 is 5.97 Å². The van der Waals surface area contributed by atoms with Crippen LogP contribution in [0.3, 0.4) is 0 Å². The standard InChI is InChI=1S/C7H14FNO2/c1-9(5-2-4-8)6-3-7(10)11/h2-6H2,1H3,(H,10,11). The fourth-order valence-corrected chi connectivity index (χ4v) is 0.728. The van der Waals surface area contributed by atoms with E-state index in [1.165, 1.54) is 0 Å². The van der Waals surface area contributed by atoms with Crippen molar-refractivity contribution in [2.24, 2.45) is 0 Å². The Kier molecular flexibility index (Phi) is 5.74. The smallest absolute Gasteiger partial charge is 0.304 e. The number of alkyl halides is 1. The van der Waals surface area contributed by atoms with Gasteiger partial charge in [-0.05, 0) is 13.5 Å². The average Bonchev–Trinajstić information content (AvgIpc) is 1.97. The molecule has 0 aromatic carbocycles. The minimum atomic E-state index is -0.808. The molecule has 0 spiro atoms. The van der Waals surface area contributed by atoms with Crippen molar-refractivity contribution in [2.75, 3.05) is 26.8 Å². The van der Waals surface area contributed by atoms with E-state index in [-0.39, 0.29) is 13.1 Å². The highest BCUT2D eigenvalue weighted by molar-refractivity contribution is 5.66. The van der Waals surface area contributed by atoms with Crippen molar-refractivity contribution >= 4 is 5.97 Å². The average molecular weight is 163 g/mol. The summed E-state index contributed by atoms with van der Waals surface area (Å²) in [7, 11) is 1.79. The molecule has 0 heterocycles. The van der Waals surface area contributed by atoms with Gasteiger partial charge in [-0.2, -0.15) is 0 Å². The molecule has 0 aliphatic heterocycles. The van der Waals surface area contributed by atoms with Crippen molar-refractivity contribution in [3.63, 3.8) is 0 Å². The maximum atomic E-state index is 11.6. The molecule has 0 saturated heterocycles. The molecule has 0 aliphatic rings. The van der Waals surface area contributed by atoms with E-state index in [4.69, 9.17) is 5.11 Å². The Morgan fingerprint density at radius 3 is 2.64 bits per heavy atom. The van der Waals surface area contributed by atoms with E-state index in [2.05, 4.69) is 0 Å². The minimum absolute atomic E-state index is 0.128. The number of carbonyl (C=O) groups is 1. The zero-order valence-corrected chi connectivity index (χ0v) is 6.72. The Labute approximate surface area is 65.8 Å². The van der Waals surface area contributed by atoms with Crippen molar-refractivity contribution in [2.45, 2.75) is 12.8 Å². The largest absolute Gasteiger partial charge is 0.481 e. The number of hydrogen-bond acceptors (Lipinski definition) is 2. The summed E-state index contributed by atoms with van der Waals surface area (Å²) in [5.41, 5.74) is 0. The van der Waals surface area contributed by atoms with Crippen LogP contribution >= 0.6 is 0 Å². The lowest BCUT2D eigenvalue weighted by molar-refractivity contribution is -0.137. The highest BCUT2D eigenvalue weighted by atomic mass is 19.1. The van der Waals surface area contributed by atoms with Crippen LogP contribution in [0.5, 0.6) is 0 Å². The quantitative estimate of drug-likeness (QED) is 0.628. The van der Waals surface area contributed by atoms with Crippen molar-refractivity contribution < 1.29 is 14.3 Å². The number of rotatable bonds is 6. The third-order valence-electron chi connectivity index (χ3n) is 1.38. The molecule has 0 rings (SSSR count). The predicted molar refractivity (Wildman–Crippen MR) is 40.3 cm³/mol. The van der Waals surface area contributed by atoms with Gasteiger partial charge in [0.05, 0.1) is 13.1 Å². The number of aliphatic carboxylic acids is 1. The van der Waals surface area contributed by atoms with Gasteiger partial charge in [-0.1, -0.05) is 0 Å². The number of carboxylic acids is 1. The van der Waals surface area contributed by atoms with Crippen molar-refractivity contribution in [1.29, 1.82) is 0 Å². The number of hydrogen-bond donors (Lipinski definition) is 1. The molecule has 0 atom stereocenters. The normalized spacial score (nSPS) is 10.5. The Hall–Kier alpha value is -0.640. The first-order valence-corrected chi connectivity index (χ1v) is 3.63. The van der Waals surface area contributed by atoms with Gasteiger partial charge in [0.1, 0.15) is 0 Å². The summed E-state index contributed by atoms with van der Waals surface area (Å²) in [6.45, 7) is 0.788. The van der Waals surface area contributed by atoms with Crippen LogP contribution in [0.15, 0.2) is 0 Å².